The van der Waals surface area contributed by atoms with Gasteiger partial charge in [-0.2, -0.15) is 0 Å². The average molecular weight is 341 g/mol. The van der Waals surface area contributed by atoms with Crippen LogP contribution in [0.15, 0.2) is 41.1 Å². The molecular weight excluding hydrogens is 318 g/mol. The zero-order valence-corrected chi connectivity index (χ0v) is 14.4. The number of carbonyl (C=O) groups excluding carboxylic acids is 2. The molecule has 2 aromatic rings. The number of nitrogens with one attached hydrogen (secondary N) is 1. The van der Waals surface area contributed by atoms with E-state index >= 15 is 0 Å². The highest BCUT2D eigenvalue weighted by atomic mass is 16.3. The van der Waals surface area contributed by atoms with Gasteiger partial charge >= 0.3 is 0 Å². The van der Waals surface area contributed by atoms with Crippen LogP contribution in [0.5, 0.6) is 0 Å². The van der Waals surface area contributed by atoms with Crippen LogP contribution in [0.1, 0.15) is 59.2 Å². The molecule has 1 saturated heterocycles. The number of hydrogen-bond acceptors (Lipinski definition) is 4. The third kappa shape index (κ3) is 4.07. The third-order valence-corrected chi connectivity index (χ3v) is 4.60. The van der Waals surface area contributed by atoms with Crippen LogP contribution < -0.4 is 5.32 Å². The number of pyridine rings is 1. The van der Waals surface area contributed by atoms with Gasteiger partial charge in [-0.05, 0) is 49.9 Å². The fraction of sp³-hybridized carbons (Fsp3) is 0.421. The van der Waals surface area contributed by atoms with E-state index in [1.807, 2.05) is 4.90 Å². The molecule has 6 nitrogen and oxygen atoms in total. The quantitative estimate of drug-likeness (QED) is 0.907. The van der Waals surface area contributed by atoms with Crippen molar-refractivity contribution < 1.29 is 14.0 Å². The molecule has 0 bridgehead atoms. The van der Waals surface area contributed by atoms with Gasteiger partial charge in [0.1, 0.15) is 11.5 Å². The van der Waals surface area contributed by atoms with Gasteiger partial charge in [-0.1, -0.05) is 6.92 Å². The van der Waals surface area contributed by atoms with E-state index in [9.17, 15) is 9.59 Å². The van der Waals surface area contributed by atoms with E-state index in [1.165, 1.54) is 12.6 Å². The molecule has 1 aliphatic rings. The van der Waals surface area contributed by atoms with E-state index in [0.29, 0.717) is 11.3 Å². The normalized spacial score (nSPS) is 17.3. The highest BCUT2D eigenvalue weighted by Gasteiger charge is 2.26. The summed E-state index contributed by atoms with van der Waals surface area (Å²) in [6.45, 7) is 3.17. The second-order valence-electron chi connectivity index (χ2n) is 6.25. The van der Waals surface area contributed by atoms with E-state index in [0.717, 1.165) is 25.8 Å². The second kappa shape index (κ2) is 7.96. The van der Waals surface area contributed by atoms with Gasteiger partial charge in [-0.15, -0.1) is 0 Å². The molecule has 1 fully saturated rings. The summed E-state index contributed by atoms with van der Waals surface area (Å²) < 4.78 is 5.19. The topological polar surface area (TPSA) is 75.4 Å². The predicted octanol–water partition coefficient (Wildman–Crippen LogP) is 3.01. The minimum Gasteiger partial charge on any atom is -0.467 e. The molecule has 1 atom stereocenters. The van der Waals surface area contributed by atoms with Crippen molar-refractivity contribution in [1.29, 1.82) is 0 Å². The van der Waals surface area contributed by atoms with Crippen LogP contribution in [0, 0.1) is 0 Å². The fourth-order valence-electron chi connectivity index (χ4n) is 3.22. The molecule has 1 unspecified atom stereocenters. The smallest absolute Gasteiger partial charge is 0.270 e. The first kappa shape index (κ1) is 17.2. The zero-order valence-electron chi connectivity index (χ0n) is 14.4. The lowest BCUT2D eigenvalue weighted by Gasteiger charge is -2.35. The molecule has 1 aliphatic heterocycles. The number of rotatable bonds is 5. The molecule has 0 radical (unpaired) electrons. The number of carbonyl (C=O) groups is 2. The summed E-state index contributed by atoms with van der Waals surface area (Å²) in [5.41, 5.74) is 0.751. The lowest BCUT2D eigenvalue weighted by Crippen LogP contribution is -2.43. The molecule has 132 valence electrons. The Hall–Kier alpha value is -2.63. The Kier molecular flexibility index (Phi) is 5.48. The molecule has 0 aromatic carbocycles. The first-order valence-electron chi connectivity index (χ1n) is 8.76. The second-order valence-corrected chi connectivity index (χ2v) is 6.25. The fourth-order valence-corrected chi connectivity index (χ4v) is 3.22. The highest BCUT2D eigenvalue weighted by molar-refractivity contribution is 5.98. The predicted molar refractivity (Wildman–Crippen MR) is 93.1 cm³/mol. The van der Waals surface area contributed by atoms with Crippen molar-refractivity contribution in [3.63, 3.8) is 0 Å². The van der Waals surface area contributed by atoms with E-state index in [-0.39, 0.29) is 30.1 Å². The van der Waals surface area contributed by atoms with Gasteiger partial charge < -0.3 is 14.6 Å². The molecule has 6 heteroatoms. The Morgan fingerprint density at radius 1 is 1.36 bits per heavy atom. The van der Waals surface area contributed by atoms with Crippen molar-refractivity contribution >= 4 is 11.8 Å². The van der Waals surface area contributed by atoms with Gasteiger partial charge in [0, 0.05) is 24.3 Å². The van der Waals surface area contributed by atoms with Crippen LogP contribution >= 0.6 is 0 Å². The number of likely N-dealkylation sites (tertiary alicyclic amines) is 1. The number of nitrogens with zero attached hydrogens (tertiary/aromatic N) is 2. The van der Waals surface area contributed by atoms with Crippen molar-refractivity contribution in [2.75, 3.05) is 6.54 Å². The maximum atomic E-state index is 12.8. The molecule has 3 heterocycles. The van der Waals surface area contributed by atoms with Gasteiger partial charge in [-0.3, -0.25) is 14.6 Å². The van der Waals surface area contributed by atoms with Crippen molar-refractivity contribution in [2.45, 2.75) is 45.2 Å². The number of hydrogen-bond donors (Lipinski definition) is 1. The van der Waals surface area contributed by atoms with Crippen molar-refractivity contribution in [3.05, 3.63) is 53.7 Å². The minimum atomic E-state index is -0.322. The maximum Gasteiger partial charge on any atom is 0.270 e. The van der Waals surface area contributed by atoms with E-state index < -0.39 is 0 Å². The molecule has 0 saturated carbocycles. The molecule has 0 spiro atoms. The van der Waals surface area contributed by atoms with Crippen LogP contribution in [0.3, 0.4) is 0 Å². The number of furan rings is 1. The lowest BCUT2D eigenvalue weighted by atomic mass is 9.99. The van der Waals surface area contributed by atoms with Crippen LogP contribution in [0.4, 0.5) is 0 Å². The summed E-state index contributed by atoms with van der Waals surface area (Å²) in [5, 5.41) is 2.75. The summed E-state index contributed by atoms with van der Waals surface area (Å²) in [6, 6.07) is 7.08. The van der Waals surface area contributed by atoms with Gasteiger partial charge in [0.25, 0.3) is 11.8 Å². The van der Waals surface area contributed by atoms with Crippen LogP contribution in [-0.4, -0.2) is 34.3 Å². The average Bonchev–Trinajstić information content (AvgIpc) is 3.19. The Balaban J connectivity index is 1.69. The molecule has 25 heavy (non-hydrogen) atoms. The summed E-state index contributed by atoms with van der Waals surface area (Å²) >= 11 is 0. The van der Waals surface area contributed by atoms with Gasteiger partial charge in [0.2, 0.25) is 0 Å². The van der Waals surface area contributed by atoms with E-state index in [2.05, 4.69) is 17.2 Å². The minimum absolute atomic E-state index is 0.0194. The van der Waals surface area contributed by atoms with E-state index in [1.54, 1.807) is 30.5 Å². The van der Waals surface area contributed by atoms with E-state index in [4.69, 9.17) is 4.42 Å². The Morgan fingerprint density at radius 3 is 3.00 bits per heavy atom. The van der Waals surface area contributed by atoms with Gasteiger partial charge in [0.05, 0.1) is 12.8 Å². The highest BCUT2D eigenvalue weighted by Crippen LogP contribution is 2.21. The third-order valence-electron chi connectivity index (χ3n) is 4.60. The van der Waals surface area contributed by atoms with Crippen LogP contribution in [0.2, 0.25) is 0 Å². The summed E-state index contributed by atoms with van der Waals surface area (Å²) in [4.78, 5) is 31.1. The Bertz CT molecular complexity index is 727. The SMILES string of the molecule is CCC1CCCCN1C(=O)c1ccnc(C(=O)NCc2ccco2)c1. The molecule has 3 rings (SSSR count). The zero-order chi connectivity index (χ0) is 17.6. The molecule has 2 aromatic heterocycles. The number of amides is 2. The van der Waals surface area contributed by atoms with Crippen molar-refractivity contribution in [2.24, 2.45) is 0 Å². The summed E-state index contributed by atoms with van der Waals surface area (Å²) in [6.07, 6.45) is 7.27. The monoisotopic (exact) mass is 341 g/mol. The number of aromatic nitrogens is 1. The van der Waals surface area contributed by atoms with Crippen LogP contribution in [-0.2, 0) is 6.54 Å². The molecule has 1 N–H and O–H groups in total. The largest absolute Gasteiger partial charge is 0.467 e. The first-order valence-corrected chi connectivity index (χ1v) is 8.76. The van der Waals surface area contributed by atoms with Gasteiger partial charge in [-0.25, -0.2) is 0 Å². The first-order chi connectivity index (χ1) is 12.2. The van der Waals surface area contributed by atoms with Crippen LogP contribution in [0.25, 0.3) is 0 Å². The summed E-state index contributed by atoms with van der Waals surface area (Å²) in [7, 11) is 0. The molecular formula is C19H23N3O3. The van der Waals surface area contributed by atoms with Crippen molar-refractivity contribution in [3.8, 4) is 0 Å². The molecule has 2 amide bonds. The standard InChI is InChI=1S/C19H23N3O3/c1-2-15-6-3-4-10-22(15)19(24)14-8-9-20-17(12-14)18(23)21-13-16-7-5-11-25-16/h5,7-9,11-12,15H,2-4,6,10,13H2,1H3,(H,21,23). The maximum absolute atomic E-state index is 12.8. The lowest BCUT2D eigenvalue weighted by molar-refractivity contribution is 0.0608. The Labute approximate surface area is 147 Å². The molecule has 0 aliphatic carbocycles. The van der Waals surface area contributed by atoms with Gasteiger partial charge in [0.15, 0.2) is 0 Å². The Morgan fingerprint density at radius 2 is 2.24 bits per heavy atom. The van der Waals surface area contributed by atoms with Crippen molar-refractivity contribution in [1.82, 2.24) is 15.2 Å². The summed E-state index contributed by atoms with van der Waals surface area (Å²) in [5.74, 6) is 0.324. The number of piperidine rings is 1.